The van der Waals surface area contributed by atoms with Gasteiger partial charge < -0.3 is 10.5 Å². The molecule has 0 spiro atoms. The zero-order valence-corrected chi connectivity index (χ0v) is 13.8. The fraction of sp³-hybridized carbons (Fsp3) is 0.643. The van der Waals surface area contributed by atoms with E-state index >= 15 is 0 Å². The molecule has 0 aliphatic heterocycles. The van der Waals surface area contributed by atoms with Crippen LogP contribution >= 0.6 is 0 Å². The summed E-state index contributed by atoms with van der Waals surface area (Å²) in [6.45, 7) is 4.10. The van der Waals surface area contributed by atoms with E-state index in [-0.39, 0.29) is 30.8 Å². The average Bonchev–Trinajstić information content (AvgIpc) is 2.89. The zero-order chi connectivity index (χ0) is 18.0. The molecule has 1 atom stereocenters. The van der Waals surface area contributed by atoms with Gasteiger partial charge >= 0.3 is 11.7 Å². The number of ether oxygens (including phenoxy) is 1. The van der Waals surface area contributed by atoms with E-state index in [9.17, 15) is 18.4 Å². The van der Waals surface area contributed by atoms with Gasteiger partial charge in [0.2, 0.25) is 0 Å². The van der Waals surface area contributed by atoms with Gasteiger partial charge in [-0.05, 0) is 13.3 Å². The van der Waals surface area contributed by atoms with Crippen LogP contribution in [0.1, 0.15) is 32.5 Å². The Hall–Kier alpha value is -2.03. The third-order valence-electron chi connectivity index (χ3n) is 2.94. The van der Waals surface area contributed by atoms with Gasteiger partial charge in [-0.3, -0.25) is 13.9 Å². The second kappa shape index (κ2) is 10.7. The van der Waals surface area contributed by atoms with Crippen LogP contribution < -0.4 is 11.5 Å². The number of aromatic nitrogens is 2. The minimum absolute atomic E-state index is 0.0282. The summed E-state index contributed by atoms with van der Waals surface area (Å²) >= 11 is 0. The molecule has 0 saturated carbocycles. The lowest BCUT2D eigenvalue weighted by Crippen LogP contribution is -2.31. The maximum absolute atomic E-state index is 13.9. The minimum Gasteiger partial charge on any atom is -0.468 e. The molecule has 0 aromatic carbocycles. The number of allylic oxidation sites excluding steroid dienone is 2. The average molecular weight is 335 g/mol. The first-order valence-electron chi connectivity index (χ1n) is 7.19. The lowest BCUT2D eigenvalue weighted by atomic mass is 10.1. The second-order valence-electron chi connectivity index (χ2n) is 4.39. The summed E-state index contributed by atoms with van der Waals surface area (Å²) in [6, 6.07) is -0.985. The SMILES string of the molecule is CC.COC(=O)C(N)CC/C(F)=C(/CF)Cn1c(C)noc1=O. The number of aryl methyl sites for hydroxylation is 1. The number of hydrogen-bond acceptors (Lipinski definition) is 6. The molecule has 132 valence electrons. The van der Waals surface area contributed by atoms with E-state index in [2.05, 4.69) is 14.4 Å². The minimum atomic E-state index is -1.07. The summed E-state index contributed by atoms with van der Waals surface area (Å²) < 4.78 is 36.6. The van der Waals surface area contributed by atoms with Crippen LogP contribution in [0.4, 0.5) is 8.78 Å². The Bertz CT molecular complexity index is 581. The number of carbonyl (C=O) groups is 1. The number of hydrogen-bond donors (Lipinski definition) is 1. The van der Waals surface area contributed by atoms with Crippen LogP contribution in [0.25, 0.3) is 0 Å². The van der Waals surface area contributed by atoms with Crippen LogP contribution in [0, 0.1) is 6.92 Å². The molecule has 0 bridgehead atoms. The highest BCUT2D eigenvalue weighted by molar-refractivity contribution is 5.75. The molecule has 1 heterocycles. The number of methoxy groups -OCH3 is 1. The van der Waals surface area contributed by atoms with Crippen LogP contribution in [0.3, 0.4) is 0 Å². The molecule has 23 heavy (non-hydrogen) atoms. The fourth-order valence-electron chi connectivity index (χ4n) is 1.63. The second-order valence-corrected chi connectivity index (χ2v) is 4.39. The van der Waals surface area contributed by atoms with Crippen molar-refractivity contribution >= 4 is 5.97 Å². The normalized spacial score (nSPS) is 12.8. The van der Waals surface area contributed by atoms with Crippen LogP contribution in [0.5, 0.6) is 0 Å². The van der Waals surface area contributed by atoms with Crippen molar-refractivity contribution in [3.63, 3.8) is 0 Å². The van der Waals surface area contributed by atoms with Gasteiger partial charge in [-0.25, -0.2) is 13.6 Å². The van der Waals surface area contributed by atoms with Gasteiger partial charge in [-0.15, -0.1) is 0 Å². The lowest BCUT2D eigenvalue weighted by molar-refractivity contribution is -0.142. The van der Waals surface area contributed by atoms with Gasteiger partial charge in [0.25, 0.3) is 0 Å². The number of nitrogens with zero attached hydrogens (tertiary/aromatic N) is 2. The quantitative estimate of drug-likeness (QED) is 0.760. The number of esters is 1. The van der Waals surface area contributed by atoms with Gasteiger partial charge in [0.1, 0.15) is 18.5 Å². The Balaban J connectivity index is 0.00000232. The van der Waals surface area contributed by atoms with Crippen LogP contribution in [0.2, 0.25) is 0 Å². The van der Waals surface area contributed by atoms with Crippen molar-refractivity contribution in [1.29, 1.82) is 0 Å². The summed E-state index contributed by atoms with van der Waals surface area (Å²) in [5.41, 5.74) is 5.24. The van der Waals surface area contributed by atoms with E-state index in [1.54, 1.807) is 0 Å². The highest BCUT2D eigenvalue weighted by Gasteiger charge is 2.17. The standard InChI is InChI=1S/C12H17F2N3O4.C2H6/c1-7-16-21-12(19)17(7)6-8(5-13)9(14)3-4-10(15)11(18)20-2;1-2/h10H,3-6,15H2,1-2H3;1-2H3/b9-8+;. The largest absolute Gasteiger partial charge is 0.468 e. The van der Waals surface area contributed by atoms with Gasteiger partial charge in [-0.1, -0.05) is 19.0 Å². The van der Waals surface area contributed by atoms with Crippen LogP contribution in [-0.4, -0.2) is 35.5 Å². The van der Waals surface area contributed by atoms with E-state index in [1.165, 1.54) is 14.0 Å². The highest BCUT2D eigenvalue weighted by atomic mass is 19.1. The molecule has 2 N–H and O–H groups in total. The predicted octanol–water partition coefficient (Wildman–Crippen LogP) is 1.64. The van der Waals surface area contributed by atoms with Gasteiger partial charge in [0.05, 0.1) is 13.7 Å². The number of alkyl halides is 1. The molecule has 1 rings (SSSR count). The van der Waals surface area contributed by atoms with Crippen molar-refractivity contribution in [2.75, 3.05) is 13.8 Å². The monoisotopic (exact) mass is 335 g/mol. The van der Waals surface area contributed by atoms with Crippen molar-refractivity contribution in [2.45, 2.75) is 46.2 Å². The van der Waals surface area contributed by atoms with Gasteiger partial charge in [0.15, 0.2) is 5.82 Å². The Labute approximate surface area is 133 Å². The molecule has 1 aromatic heterocycles. The lowest BCUT2D eigenvalue weighted by Gasteiger charge is -2.10. The summed E-state index contributed by atoms with van der Waals surface area (Å²) in [5, 5.41) is 3.40. The summed E-state index contributed by atoms with van der Waals surface area (Å²) in [5.74, 6) is -2.01. The highest BCUT2D eigenvalue weighted by Crippen LogP contribution is 2.16. The van der Waals surface area contributed by atoms with E-state index in [1.807, 2.05) is 13.8 Å². The van der Waals surface area contributed by atoms with Crippen LogP contribution in [-0.2, 0) is 16.1 Å². The zero-order valence-electron chi connectivity index (χ0n) is 13.8. The molecule has 0 radical (unpaired) electrons. The Morgan fingerprint density at radius 2 is 2.09 bits per heavy atom. The molecule has 7 nitrogen and oxygen atoms in total. The third-order valence-corrected chi connectivity index (χ3v) is 2.94. The fourth-order valence-corrected chi connectivity index (χ4v) is 1.63. The molecular formula is C14H23F2N3O4. The van der Waals surface area contributed by atoms with Gasteiger partial charge in [0, 0.05) is 12.0 Å². The maximum Gasteiger partial charge on any atom is 0.441 e. The molecule has 1 aromatic rings. The number of rotatable bonds is 7. The van der Waals surface area contributed by atoms with Crippen molar-refractivity contribution < 1.29 is 22.8 Å². The first-order chi connectivity index (χ1) is 10.9. The first kappa shape index (κ1) is 21.0. The molecule has 0 amide bonds. The number of nitrogens with two attached hydrogens (primary N) is 1. The molecule has 0 fully saturated rings. The smallest absolute Gasteiger partial charge is 0.441 e. The molecule has 0 saturated heterocycles. The van der Waals surface area contributed by atoms with E-state index < -0.39 is 30.3 Å². The van der Waals surface area contributed by atoms with E-state index in [0.29, 0.717) is 0 Å². The maximum atomic E-state index is 13.9. The van der Waals surface area contributed by atoms with E-state index in [0.717, 1.165) is 4.57 Å². The first-order valence-corrected chi connectivity index (χ1v) is 7.19. The summed E-state index contributed by atoms with van der Waals surface area (Å²) in [6.07, 6.45) is -0.256. The number of carbonyl (C=O) groups excluding carboxylic acids is 1. The third kappa shape index (κ3) is 6.31. The Kier molecular flexibility index (Phi) is 9.71. The van der Waals surface area contributed by atoms with Crippen molar-refractivity contribution in [3.05, 3.63) is 27.8 Å². The molecular weight excluding hydrogens is 312 g/mol. The molecule has 9 heteroatoms. The Morgan fingerprint density at radius 3 is 2.52 bits per heavy atom. The molecule has 1 unspecified atom stereocenters. The molecule has 0 aliphatic carbocycles. The Morgan fingerprint density at radius 1 is 1.48 bits per heavy atom. The van der Waals surface area contributed by atoms with E-state index in [4.69, 9.17) is 5.73 Å². The summed E-state index contributed by atoms with van der Waals surface area (Å²) in [4.78, 5) is 22.4. The summed E-state index contributed by atoms with van der Waals surface area (Å²) in [7, 11) is 1.17. The van der Waals surface area contributed by atoms with Crippen molar-refractivity contribution in [3.8, 4) is 0 Å². The topological polar surface area (TPSA) is 100 Å². The number of halogens is 2. The molecule has 0 aliphatic rings. The van der Waals surface area contributed by atoms with Crippen molar-refractivity contribution in [2.24, 2.45) is 5.73 Å². The predicted molar refractivity (Wildman–Crippen MR) is 80.2 cm³/mol. The van der Waals surface area contributed by atoms with Crippen LogP contribution in [0.15, 0.2) is 20.7 Å². The van der Waals surface area contributed by atoms with Gasteiger partial charge in [-0.2, -0.15) is 0 Å². The van der Waals surface area contributed by atoms with Crippen molar-refractivity contribution in [1.82, 2.24) is 9.72 Å².